The van der Waals surface area contributed by atoms with E-state index in [1.165, 1.54) is 6.07 Å². The Labute approximate surface area is 123 Å². The topological polar surface area (TPSA) is 70.1 Å². The maximum Gasteiger partial charge on any atom is 0.240 e. The number of hydrogen-bond acceptors (Lipinski definition) is 3. The SMILES string of the molecule is N#Cc1c(F)cccc1N1[C@H](C(N)=O)C[C@@H]2CCCC[C@@H]21. The van der Waals surface area contributed by atoms with Crippen LogP contribution in [0.15, 0.2) is 18.2 Å². The largest absolute Gasteiger partial charge is 0.368 e. The second-order valence-electron chi connectivity index (χ2n) is 5.92. The van der Waals surface area contributed by atoms with Crippen LogP contribution in [0.3, 0.4) is 0 Å². The molecule has 110 valence electrons. The molecule has 0 bridgehead atoms. The zero-order chi connectivity index (χ0) is 15.0. The van der Waals surface area contributed by atoms with E-state index >= 15 is 0 Å². The lowest BCUT2D eigenvalue weighted by atomic mass is 9.84. The van der Waals surface area contributed by atoms with Crippen LogP contribution in [-0.2, 0) is 4.79 Å². The molecule has 5 heteroatoms. The average molecular weight is 287 g/mol. The van der Waals surface area contributed by atoms with E-state index in [4.69, 9.17) is 5.73 Å². The summed E-state index contributed by atoms with van der Waals surface area (Å²) in [5, 5.41) is 9.25. The van der Waals surface area contributed by atoms with E-state index in [-0.39, 0.29) is 11.6 Å². The van der Waals surface area contributed by atoms with E-state index in [0.29, 0.717) is 18.0 Å². The first kappa shape index (κ1) is 13.9. The minimum Gasteiger partial charge on any atom is -0.368 e. The molecule has 1 saturated heterocycles. The number of fused-ring (bicyclic) bond motifs is 1. The van der Waals surface area contributed by atoms with Crippen molar-refractivity contribution >= 4 is 11.6 Å². The summed E-state index contributed by atoms with van der Waals surface area (Å²) < 4.78 is 13.9. The summed E-state index contributed by atoms with van der Waals surface area (Å²) in [5.74, 6) is -0.527. The van der Waals surface area contributed by atoms with Gasteiger partial charge in [0.1, 0.15) is 23.5 Å². The molecular weight excluding hydrogens is 269 g/mol. The summed E-state index contributed by atoms with van der Waals surface area (Å²) in [6, 6.07) is 6.25. The molecule has 1 aromatic rings. The van der Waals surface area contributed by atoms with E-state index in [1.807, 2.05) is 11.0 Å². The van der Waals surface area contributed by atoms with E-state index in [2.05, 4.69) is 0 Å². The molecule has 0 spiro atoms. The Morgan fingerprint density at radius 1 is 1.38 bits per heavy atom. The van der Waals surface area contributed by atoms with Gasteiger partial charge in [-0.25, -0.2) is 4.39 Å². The lowest BCUT2D eigenvalue weighted by Crippen LogP contribution is -2.45. The summed E-state index contributed by atoms with van der Waals surface area (Å²) in [4.78, 5) is 13.7. The van der Waals surface area contributed by atoms with Crippen LogP contribution in [0.2, 0.25) is 0 Å². The summed E-state index contributed by atoms with van der Waals surface area (Å²) in [6.45, 7) is 0. The zero-order valence-electron chi connectivity index (χ0n) is 11.8. The molecule has 1 aliphatic carbocycles. The predicted molar refractivity (Wildman–Crippen MR) is 76.9 cm³/mol. The lowest BCUT2D eigenvalue weighted by molar-refractivity contribution is -0.119. The molecule has 1 aliphatic heterocycles. The summed E-state index contributed by atoms with van der Waals surface area (Å²) in [7, 11) is 0. The van der Waals surface area contributed by atoms with Crippen molar-refractivity contribution in [2.24, 2.45) is 11.7 Å². The highest BCUT2D eigenvalue weighted by Crippen LogP contribution is 2.43. The van der Waals surface area contributed by atoms with Gasteiger partial charge in [-0.05, 0) is 37.3 Å². The lowest BCUT2D eigenvalue weighted by Gasteiger charge is -2.35. The van der Waals surface area contributed by atoms with Crippen molar-refractivity contribution in [3.63, 3.8) is 0 Å². The van der Waals surface area contributed by atoms with Crippen LogP contribution in [-0.4, -0.2) is 18.0 Å². The molecule has 2 N–H and O–H groups in total. The Morgan fingerprint density at radius 2 is 2.14 bits per heavy atom. The van der Waals surface area contributed by atoms with E-state index in [9.17, 15) is 14.4 Å². The molecule has 0 radical (unpaired) electrons. The van der Waals surface area contributed by atoms with Crippen LogP contribution in [0.5, 0.6) is 0 Å². The molecule has 3 atom stereocenters. The summed E-state index contributed by atoms with van der Waals surface area (Å²) in [6.07, 6.45) is 5.01. The minimum absolute atomic E-state index is 0.00923. The first-order valence-electron chi connectivity index (χ1n) is 7.39. The third-order valence-corrected chi connectivity index (χ3v) is 4.80. The fourth-order valence-electron chi connectivity index (χ4n) is 3.90. The van der Waals surface area contributed by atoms with Crippen molar-refractivity contribution in [3.05, 3.63) is 29.6 Å². The number of anilines is 1. The highest BCUT2D eigenvalue weighted by atomic mass is 19.1. The van der Waals surface area contributed by atoms with Gasteiger partial charge in [0.05, 0.1) is 5.69 Å². The van der Waals surface area contributed by atoms with Gasteiger partial charge in [-0.3, -0.25) is 4.79 Å². The number of nitrogens with two attached hydrogens (primary N) is 1. The number of primary amides is 1. The Hall–Kier alpha value is -2.09. The zero-order valence-corrected chi connectivity index (χ0v) is 11.8. The van der Waals surface area contributed by atoms with Crippen LogP contribution in [0.1, 0.15) is 37.7 Å². The van der Waals surface area contributed by atoms with Crippen LogP contribution in [0.4, 0.5) is 10.1 Å². The van der Waals surface area contributed by atoms with Crippen LogP contribution < -0.4 is 10.6 Å². The smallest absolute Gasteiger partial charge is 0.240 e. The van der Waals surface area contributed by atoms with Gasteiger partial charge in [-0.1, -0.05) is 18.9 Å². The van der Waals surface area contributed by atoms with Gasteiger partial charge in [-0.15, -0.1) is 0 Å². The summed E-state index contributed by atoms with van der Waals surface area (Å²) in [5.41, 5.74) is 6.07. The number of rotatable bonds is 2. The number of amides is 1. The molecule has 2 aliphatic rings. The molecule has 1 heterocycles. The number of nitrogens with zero attached hydrogens (tertiary/aromatic N) is 2. The van der Waals surface area contributed by atoms with Crippen LogP contribution in [0.25, 0.3) is 0 Å². The van der Waals surface area contributed by atoms with E-state index < -0.39 is 17.8 Å². The predicted octanol–water partition coefficient (Wildman–Crippen LogP) is 2.32. The molecule has 1 amide bonds. The Bertz CT molecular complexity index is 610. The third kappa shape index (κ3) is 2.25. The van der Waals surface area contributed by atoms with Crippen molar-refractivity contribution in [1.29, 1.82) is 5.26 Å². The van der Waals surface area contributed by atoms with Crippen LogP contribution >= 0.6 is 0 Å². The second kappa shape index (κ2) is 5.36. The Morgan fingerprint density at radius 3 is 2.86 bits per heavy atom. The quantitative estimate of drug-likeness (QED) is 0.907. The van der Waals surface area contributed by atoms with E-state index in [0.717, 1.165) is 25.7 Å². The fourth-order valence-corrected chi connectivity index (χ4v) is 3.90. The maximum absolute atomic E-state index is 13.9. The molecule has 1 saturated carbocycles. The van der Waals surface area contributed by atoms with Crippen molar-refractivity contribution in [2.45, 2.75) is 44.2 Å². The molecule has 21 heavy (non-hydrogen) atoms. The summed E-state index contributed by atoms with van der Waals surface area (Å²) >= 11 is 0. The first-order valence-corrected chi connectivity index (χ1v) is 7.39. The molecule has 4 nitrogen and oxygen atoms in total. The van der Waals surface area contributed by atoms with Gasteiger partial charge >= 0.3 is 0 Å². The highest BCUT2D eigenvalue weighted by Gasteiger charge is 2.45. The number of benzene rings is 1. The molecule has 3 rings (SSSR count). The molecular formula is C16H18FN3O. The van der Waals surface area contributed by atoms with Gasteiger partial charge in [0.15, 0.2) is 0 Å². The van der Waals surface area contributed by atoms with Gasteiger partial charge in [0, 0.05) is 6.04 Å². The van der Waals surface area contributed by atoms with Gasteiger partial charge < -0.3 is 10.6 Å². The molecule has 0 aromatic heterocycles. The van der Waals surface area contributed by atoms with Gasteiger partial charge in [0.25, 0.3) is 0 Å². The van der Waals surface area contributed by atoms with Crippen molar-refractivity contribution in [1.82, 2.24) is 0 Å². The second-order valence-corrected chi connectivity index (χ2v) is 5.92. The standard InChI is InChI=1S/C16H18FN3O/c17-12-5-3-7-14(11(12)9-18)20-13-6-2-1-4-10(13)8-15(20)16(19)21/h3,5,7,10,13,15H,1-2,4,6,8H2,(H2,19,21)/t10-,13-,15-/m0/s1. The first-order chi connectivity index (χ1) is 10.1. The monoisotopic (exact) mass is 287 g/mol. The molecule has 1 aromatic carbocycles. The Kier molecular flexibility index (Phi) is 3.54. The van der Waals surface area contributed by atoms with Crippen LogP contribution in [0, 0.1) is 23.1 Å². The molecule has 0 unspecified atom stereocenters. The van der Waals surface area contributed by atoms with Gasteiger partial charge in [-0.2, -0.15) is 5.26 Å². The third-order valence-electron chi connectivity index (χ3n) is 4.80. The normalized spacial score (nSPS) is 28.0. The highest BCUT2D eigenvalue weighted by molar-refractivity contribution is 5.85. The van der Waals surface area contributed by atoms with Gasteiger partial charge in [0.2, 0.25) is 5.91 Å². The van der Waals surface area contributed by atoms with Crippen molar-refractivity contribution in [2.75, 3.05) is 4.90 Å². The van der Waals surface area contributed by atoms with E-state index in [1.54, 1.807) is 12.1 Å². The molecule has 2 fully saturated rings. The number of nitriles is 1. The van der Waals surface area contributed by atoms with Crippen molar-refractivity contribution in [3.8, 4) is 6.07 Å². The minimum atomic E-state index is -0.544. The number of halogens is 1. The van der Waals surface area contributed by atoms with Crippen molar-refractivity contribution < 1.29 is 9.18 Å². The maximum atomic E-state index is 13.9. The Balaban J connectivity index is 2.07. The number of carbonyl (C=O) groups excluding carboxylic acids is 1. The number of hydrogen-bond donors (Lipinski definition) is 1. The fraction of sp³-hybridized carbons (Fsp3) is 0.500. The average Bonchev–Trinajstić information content (AvgIpc) is 2.86. The number of carbonyl (C=O) groups is 1.